The molecule has 0 heterocycles. The monoisotopic (exact) mass is 340 g/mol. The third-order valence-corrected chi connectivity index (χ3v) is 3.82. The molecule has 0 radical (unpaired) electrons. The van der Waals surface area contributed by atoms with Crippen LogP contribution in [0.2, 0.25) is 0 Å². The number of aliphatic hydroxyl groups is 1. The largest absolute Gasteiger partial charge is 0.508 e. The van der Waals surface area contributed by atoms with Crippen molar-refractivity contribution in [2.45, 2.75) is 19.4 Å². The normalized spacial score (nSPS) is 12.7. The third kappa shape index (κ3) is 5.23. The van der Waals surface area contributed by atoms with Gasteiger partial charge in [0.1, 0.15) is 11.9 Å². The Morgan fingerprint density at radius 1 is 1.20 bits per heavy atom. The molecular weight excluding hydrogens is 320 g/mol. The van der Waals surface area contributed by atoms with Crippen molar-refractivity contribution in [2.24, 2.45) is 5.92 Å². The number of carbonyl (C=O) groups excluding carboxylic acids is 1. The second-order valence-corrected chi connectivity index (χ2v) is 5.72. The van der Waals surface area contributed by atoms with E-state index < -0.39 is 12.2 Å². The summed E-state index contributed by atoms with van der Waals surface area (Å²) in [6, 6.07) is 14.9. The highest BCUT2D eigenvalue weighted by molar-refractivity contribution is 5.84. The molecule has 0 bridgehead atoms. The highest BCUT2D eigenvalue weighted by atomic mass is 16.6. The molecule has 25 heavy (non-hydrogen) atoms. The van der Waals surface area contributed by atoms with Gasteiger partial charge in [0, 0.05) is 12.3 Å². The number of rotatable bonds is 6. The molecule has 0 spiro atoms. The zero-order valence-corrected chi connectivity index (χ0v) is 13.8. The molecule has 0 saturated heterocycles. The van der Waals surface area contributed by atoms with Gasteiger partial charge in [0.25, 0.3) is 0 Å². The molecule has 0 aliphatic carbocycles. The van der Waals surface area contributed by atoms with Crippen LogP contribution in [0.15, 0.2) is 48.5 Å². The Bertz CT molecular complexity index is 736. The smallest absolute Gasteiger partial charge is 0.412 e. The minimum atomic E-state index is -0.632. The van der Waals surface area contributed by atoms with Crippen LogP contribution in [-0.4, -0.2) is 22.9 Å². The molecule has 1 amide bonds. The first-order valence-corrected chi connectivity index (χ1v) is 7.91. The van der Waals surface area contributed by atoms with Gasteiger partial charge in [-0.05, 0) is 54.3 Å². The lowest BCUT2D eigenvalue weighted by Crippen LogP contribution is -2.22. The van der Waals surface area contributed by atoms with E-state index in [4.69, 9.17) is 10.00 Å². The van der Waals surface area contributed by atoms with E-state index in [2.05, 4.69) is 5.32 Å². The number of carbonyl (C=O) groups is 1. The number of phenols is 1. The Balaban J connectivity index is 2.10. The highest BCUT2D eigenvalue weighted by Gasteiger charge is 2.23. The van der Waals surface area contributed by atoms with Crippen molar-refractivity contribution in [2.75, 3.05) is 11.9 Å². The number of ether oxygens (including phenoxy) is 1. The summed E-state index contributed by atoms with van der Waals surface area (Å²) in [5, 5.41) is 30.0. The maximum absolute atomic E-state index is 12.2. The van der Waals surface area contributed by atoms with Gasteiger partial charge in [0.15, 0.2) is 0 Å². The predicted molar refractivity (Wildman–Crippen MR) is 93.0 cm³/mol. The topological polar surface area (TPSA) is 103 Å². The van der Waals surface area contributed by atoms with E-state index >= 15 is 0 Å². The van der Waals surface area contributed by atoms with E-state index in [1.807, 2.05) is 13.0 Å². The van der Waals surface area contributed by atoms with E-state index in [1.54, 1.807) is 36.4 Å². The Hall–Kier alpha value is -3.04. The summed E-state index contributed by atoms with van der Waals surface area (Å²) in [4.78, 5) is 12.2. The molecule has 2 aromatic carbocycles. The molecule has 6 nitrogen and oxygen atoms in total. The van der Waals surface area contributed by atoms with Gasteiger partial charge >= 0.3 is 6.09 Å². The molecule has 0 fully saturated rings. The lowest BCUT2D eigenvalue weighted by molar-refractivity contribution is 0.0667. The summed E-state index contributed by atoms with van der Waals surface area (Å²) in [5.74, 6) is 0.0144. The van der Waals surface area contributed by atoms with Gasteiger partial charge in [-0.1, -0.05) is 19.1 Å². The fraction of sp³-hybridized carbons (Fsp3) is 0.263. The van der Waals surface area contributed by atoms with Crippen molar-refractivity contribution in [1.82, 2.24) is 0 Å². The maximum Gasteiger partial charge on any atom is 0.412 e. The van der Waals surface area contributed by atoms with Gasteiger partial charge < -0.3 is 14.9 Å². The summed E-state index contributed by atoms with van der Waals surface area (Å²) >= 11 is 0. The molecule has 2 atom stereocenters. The Morgan fingerprint density at radius 3 is 2.40 bits per heavy atom. The molecule has 6 heteroatoms. The number of nitrogens with zero attached hydrogens (tertiary/aromatic N) is 1. The first kappa shape index (κ1) is 18.3. The van der Waals surface area contributed by atoms with Crippen LogP contribution in [0.4, 0.5) is 10.5 Å². The average Bonchev–Trinajstić information content (AvgIpc) is 2.61. The fourth-order valence-electron chi connectivity index (χ4n) is 2.42. The van der Waals surface area contributed by atoms with Gasteiger partial charge in [-0.3, -0.25) is 5.32 Å². The molecule has 0 aliphatic rings. The van der Waals surface area contributed by atoms with Crippen molar-refractivity contribution in [3.8, 4) is 11.8 Å². The third-order valence-electron chi connectivity index (χ3n) is 3.82. The fourth-order valence-corrected chi connectivity index (χ4v) is 2.42. The summed E-state index contributed by atoms with van der Waals surface area (Å²) in [7, 11) is 0. The van der Waals surface area contributed by atoms with Crippen LogP contribution in [0.5, 0.6) is 5.75 Å². The first-order chi connectivity index (χ1) is 12.0. The molecule has 2 rings (SSSR count). The summed E-state index contributed by atoms with van der Waals surface area (Å²) in [6.45, 7) is 1.86. The van der Waals surface area contributed by atoms with E-state index in [-0.39, 0.29) is 18.3 Å². The van der Waals surface area contributed by atoms with Gasteiger partial charge in [-0.25, -0.2) is 4.79 Å². The molecule has 130 valence electrons. The Kier molecular flexibility index (Phi) is 6.38. The van der Waals surface area contributed by atoms with E-state index in [9.17, 15) is 15.0 Å². The van der Waals surface area contributed by atoms with Gasteiger partial charge in [0.05, 0.1) is 11.6 Å². The van der Waals surface area contributed by atoms with Crippen LogP contribution < -0.4 is 5.32 Å². The van der Waals surface area contributed by atoms with Crippen LogP contribution in [0.25, 0.3) is 0 Å². The molecule has 0 saturated carbocycles. The number of amides is 1. The number of phenolic OH excluding ortho intramolecular Hbond substituents is 1. The number of hydrogen-bond donors (Lipinski definition) is 3. The molecule has 2 aromatic rings. The van der Waals surface area contributed by atoms with Crippen LogP contribution in [0.3, 0.4) is 0 Å². The van der Waals surface area contributed by atoms with Crippen molar-refractivity contribution in [3.05, 3.63) is 59.7 Å². The number of aliphatic hydroxyl groups excluding tert-OH is 1. The first-order valence-electron chi connectivity index (χ1n) is 7.91. The highest BCUT2D eigenvalue weighted by Crippen LogP contribution is 2.30. The number of anilines is 1. The summed E-state index contributed by atoms with van der Waals surface area (Å²) < 4.78 is 5.54. The van der Waals surface area contributed by atoms with Crippen LogP contribution in [-0.2, 0) is 4.74 Å². The predicted octanol–water partition coefficient (Wildman–Crippen LogP) is 3.57. The maximum atomic E-state index is 12.2. The molecule has 3 N–H and O–H groups in total. The number of nitriles is 1. The van der Waals surface area contributed by atoms with E-state index in [1.165, 1.54) is 12.1 Å². The van der Waals surface area contributed by atoms with Crippen molar-refractivity contribution >= 4 is 11.8 Å². The minimum Gasteiger partial charge on any atom is -0.508 e. The lowest BCUT2D eigenvalue weighted by atomic mass is 9.94. The van der Waals surface area contributed by atoms with Gasteiger partial charge in [0.2, 0.25) is 0 Å². The van der Waals surface area contributed by atoms with Crippen molar-refractivity contribution in [1.29, 1.82) is 5.26 Å². The van der Waals surface area contributed by atoms with Gasteiger partial charge in [-0.15, -0.1) is 0 Å². The van der Waals surface area contributed by atoms with Crippen molar-refractivity contribution < 1.29 is 19.7 Å². The molecule has 0 unspecified atom stereocenters. The minimum absolute atomic E-state index is 0.0175. The number of aromatic hydroxyl groups is 1. The zero-order chi connectivity index (χ0) is 18.2. The van der Waals surface area contributed by atoms with Crippen molar-refractivity contribution in [3.63, 3.8) is 0 Å². The second-order valence-electron chi connectivity index (χ2n) is 5.72. The summed E-state index contributed by atoms with van der Waals surface area (Å²) in [6.07, 6.45) is -0.728. The molecule has 0 aromatic heterocycles. The lowest BCUT2D eigenvalue weighted by Gasteiger charge is -2.24. The van der Waals surface area contributed by atoms with Crippen LogP contribution >= 0.6 is 0 Å². The standard InChI is InChI=1S/C19H20N2O4/c1-13(10-11-22)18(15-4-8-17(23)9-5-15)25-19(24)21-16-6-2-14(12-20)3-7-16/h2-9,13,18,22-23H,10-11H2,1H3,(H,21,24)/t13-,18+/m0/s1. The number of nitrogens with one attached hydrogen (secondary N) is 1. The van der Waals surface area contributed by atoms with Crippen LogP contribution in [0, 0.1) is 17.2 Å². The number of hydrogen-bond acceptors (Lipinski definition) is 5. The van der Waals surface area contributed by atoms with E-state index in [0.29, 0.717) is 17.7 Å². The van der Waals surface area contributed by atoms with Crippen LogP contribution in [0.1, 0.15) is 30.6 Å². The van der Waals surface area contributed by atoms with E-state index in [0.717, 1.165) is 5.56 Å². The average molecular weight is 340 g/mol. The quantitative estimate of drug-likeness (QED) is 0.746. The Morgan fingerprint density at radius 2 is 1.84 bits per heavy atom. The molecular formula is C19H20N2O4. The zero-order valence-electron chi connectivity index (χ0n) is 13.8. The summed E-state index contributed by atoms with van der Waals surface area (Å²) in [5.41, 5.74) is 1.74. The molecule has 0 aliphatic heterocycles. The SMILES string of the molecule is C[C@@H](CCO)[C@@H](OC(=O)Nc1ccc(C#N)cc1)c1ccc(O)cc1. The van der Waals surface area contributed by atoms with Gasteiger partial charge in [-0.2, -0.15) is 5.26 Å². The Labute approximate surface area is 146 Å². The number of benzene rings is 2. The second kappa shape index (κ2) is 8.71.